The van der Waals surface area contributed by atoms with Crippen molar-refractivity contribution < 1.29 is 9.53 Å². The van der Waals surface area contributed by atoms with Crippen LogP contribution in [0.25, 0.3) is 11.3 Å². The highest BCUT2D eigenvalue weighted by molar-refractivity contribution is 6.30. The van der Waals surface area contributed by atoms with Crippen LogP contribution in [0.3, 0.4) is 0 Å². The van der Waals surface area contributed by atoms with Gasteiger partial charge in [-0.05, 0) is 48.5 Å². The highest BCUT2D eigenvalue weighted by atomic mass is 35.5. The van der Waals surface area contributed by atoms with Crippen molar-refractivity contribution in [2.45, 2.75) is 0 Å². The predicted molar refractivity (Wildman–Crippen MR) is 94.7 cm³/mol. The SMILES string of the molecule is COc1ccc(NC(=O)Nc2ccc(Cl)cc2)cc1-c1ccn[nH]1. The molecule has 0 bridgehead atoms. The molecule has 2 amide bonds. The van der Waals surface area contributed by atoms with E-state index in [0.29, 0.717) is 22.1 Å². The smallest absolute Gasteiger partial charge is 0.323 e. The Morgan fingerprint density at radius 3 is 2.46 bits per heavy atom. The number of H-pyrrole nitrogens is 1. The van der Waals surface area contributed by atoms with Gasteiger partial charge in [-0.25, -0.2) is 4.79 Å². The highest BCUT2D eigenvalue weighted by Crippen LogP contribution is 2.31. The van der Waals surface area contributed by atoms with E-state index in [4.69, 9.17) is 16.3 Å². The zero-order valence-electron chi connectivity index (χ0n) is 12.8. The van der Waals surface area contributed by atoms with Gasteiger partial charge in [-0.15, -0.1) is 0 Å². The minimum Gasteiger partial charge on any atom is -0.496 e. The third-order valence-corrected chi connectivity index (χ3v) is 3.60. The summed E-state index contributed by atoms with van der Waals surface area (Å²) >= 11 is 5.82. The van der Waals surface area contributed by atoms with E-state index in [-0.39, 0.29) is 6.03 Å². The Bertz CT molecular complexity index is 832. The second-order valence-electron chi connectivity index (χ2n) is 4.97. The summed E-state index contributed by atoms with van der Waals surface area (Å²) in [5.41, 5.74) is 2.89. The number of hydrogen-bond acceptors (Lipinski definition) is 3. The lowest BCUT2D eigenvalue weighted by Crippen LogP contribution is -2.19. The van der Waals surface area contributed by atoms with Crippen LogP contribution >= 0.6 is 11.6 Å². The van der Waals surface area contributed by atoms with E-state index >= 15 is 0 Å². The minimum absolute atomic E-state index is 0.349. The number of hydrogen-bond donors (Lipinski definition) is 3. The average molecular weight is 343 g/mol. The topological polar surface area (TPSA) is 79.0 Å². The summed E-state index contributed by atoms with van der Waals surface area (Å²) in [6, 6.07) is 13.7. The predicted octanol–water partition coefficient (Wildman–Crippen LogP) is 4.38. The summed E-state index contributed by atoms with van der Waals surface area (Å²) in [6.45, 7) is 0. The van der Waals surface area contributed by atoms with Crippen LogP contribution < -0.4 is 15.4 Å². The van der Waals surface area contributed by atoms with E-state index in [1.807, 2.05) is 12.1 Å². The lowest BCUT2D eigenvalue weighted by Gasteiger charge is -2.11. The van der Waals surface area contributed by atoms with Crippen molar-refractivity contribution in [3.05, 3.63) is 59.8 Å². The number of aromatic nitrogens is 2. The monoisotopic (exact) mass is 342 g/mol. The molecule has 0 saturated carbocycles. The van der Waals surface area contributed by atoms with Crippen LogP contribution in [0.4, 0.5) is 16.2 Å². The third-order valence-electron chi connectivity index (χ3n) is 3.35. The normalized spacial score (nSPS) is 10.2. The molecule has 24 heavy (non-hydrogen) atoms. The van der Waals surface area contributed by atoms with Crippen LogP contribution in [0.1, 0.15) is 0 Å². The number of rotatable bonds is 4. The molecule has 0 radical (unpaired) electrons. The number of carbonyl (C=O) groups excluding carboxylic acids is 1. The maximum Gasteiger partial charge on any atom is 0.323 e. The molecule has 6 nitrogen and oxygen atoms in total. The van der Waals surface area contributed by atoms with Crippen molar-refractivity contribution in [2.75, 3.05) is 17.7 Å². The molecule has 1 aromatic heterocycles. The maximum absolute atomic E-state index is 12.1. The van der Waals surface area contributed by atoms with Crippen LogP contribution in [-0.2, 0) is 0 Å². The fourth-order valence-electron chi connectivity index (χ4n) is 2.23. The number of methoxy groups -OCH3 is 1. The molecule has 2 aromatic carbocycles. The number of urea groups is 1. The molecule has 0 saturated heterocycles. The van der Waals surface area contributed by atoms with E-state index in [2.05, 4.69) is 20.8 Å². The summed E-state index contributed by atoms with van der Waals surface area (Å²) in [4.78, 5) is 12.1. The molecule has 0 aliphatic carbocycles. The second kappa shape index (κ2) is 7.06. The number of nitrogens with zero attached hydrogens (tertiary/aromatic N) is 1. The average Bonchev–Trinajstić information content (AvgIpc) is 3.11. The second-order valence-corrected chi connectivity index (χ2v) is 5.41. The fourth-order valence-corrected chi connectivity index (χ4v) is 2.35. The number of halogens is 1. The van der Waals surface area contributed by atoms with Crippen molar-refractivity contribution in [1.29, 1.82) is 0 Å². The molecule has 7 heteroatoms. The largest absolute Gasteiger partial charge is 0.496 e. The molecule has 0 spiro atoms. The molecule has 0 aliphatic rings. The van der Waals surface area contributed by atoms with Crippen molar-refractivity contribution >= 4 is 29.0 Å². The van der Waals surface area contributed by atoms with Crippen LogP contribution in [0.5, 0.6) is 5.75 Å². The number of benzene rings is 2. The zero-order chi connectivity index (χ0) is 16.9. The molecule has 3 rings (SSSR count). The Hall–Kier alpha value is -2.99. The molecule has 0 unspecified atom stereocenters. The summed E-state index contributed by atoms with van der Waals surface area (Å²) in [5.74, 6) is 0.683. The molecule has 0 fully saturated rings. The Morgan fingerprint density at radius 1 is 1.08 bits per heavy atom. The first-order valence-corrected chi connectivity index (χ1v) is 7.55. The lowest BCUT2D eigenvalue weighted by molar-refractivity contribution is 0.262. The number of ether oxygens (including phenoxy) is 1. The van der Waals surface area contributed by atoms with E-state index in [1.54, 1.807) is 49.7 Å². The standard InChI is InChI=1S/C17H15ClN4O2/c1-24-16-7-6-13(10-14(16)15-8-9-19-22-15)21-17(23)20-12-4-2-11(18)3-5-12/h2-10H,1H3,(H,19,22)(H2,20,21,23). The van der Waals surface area contributed by atoms with Gasteiger partial charge in [0, 0.05) is 28.2 Å². The van der Waals surface area contributed by atoms with Crippen molar-refractivity contribution in [1.82, 2.24) is 10.2 Å². The van der Waals surface area contributed by atoms with Gasteiger partial charge in [0.05, 0.1) is 12.8 Å². The Balaban J connectivity index is 1.76. The van der Waals surface area contributed by atoms with Gasteiger partial charge < -0.3 is 15.4 Å². The third kappa shape index (κ3) is 3.67. The van der Waals surface area contributed by atoms with Crippen LogP contribution in [-0.4, -0.2) is 23.3 Å². The van der Waals surface area contributed by atoms with Crippen LogP contribution in [0.15, 0.2) is 54.7 Å². The first-order chi connectivity index (χ1) is 11.7. The van der Waals surface area contributed by atoms with Gasteiger partial charge in [-0.3, -0.25) is 5.10 Å². The number of amides is 2. The Labute approximate surface area is 143 Å². The van der Waals surface area contributed by atoms with Gasteiger partial charge >= 0.3 is 6.03 Å². The number of nitrogens with one attached hydrogen (secondary N) is 3. The summed E-state index contributed by atoms with van der Waals surface area (Å²) in [7, 11) is 1.59. The van der Waals surface area contributed by atoms with Gasteiger partial charge in [0.25, 0.3) is 0 Å². The van der Waals surface area contributed by atoms with Crippen LogP contribution in [0, 0.1) is 0 Å². The van der Waals surface area contributed by atoms with Gasteiger partial charge in [-0.1, -0.05) is 11.6 Å². The Kier molecular flexibility index (Phi) is 4.67. The quantitative estimate of drug-likeness (QED) is 0.658. The summed E-state index contributed by atoms with van der Waals surface area (Å²) in [5, 5.41) is 13.0. The molecular weight excluding hydrogens is 328 g/mol. The summed E-state index contributed by atoms with van der Waals surface area (Å²) < 4.78 is 5.35. The first kappa shape index (κ1) is 15.9. The van der Waals surface area contributed by atoms with E-state index in [0.717, 1.165) is 11.3 Å². The molecule has 1 heterocycles. The van der Waals surface area contributed by atoms with Gasteiger partial charge in [0.2, 0.25) is 0 Å². The summed E-state index contributed by atoms with van der Waals surface area (Å²) in [6.07, 6.45) is 1.65. The van der Waals surface area contributed by atoms with E-state index in [1.165, 1.54) is 0 Å². The van der Waals surface area contributed by atoms with E-state index in [9.17, 15) is 4.79 Å². The molecule has 122 valence electrons. The van der Waals surface area contributed by atoms with E-state index < -0.39 is 0 Å². The van der Waals surface area contributed by atoms with Crippen molar-refractivity contribution in [2.24, 2.45) is 0 Å². The first-order valence-electron chi connectivity index (χ1n) is 7.17. The van der Waals surface area contributed by atoms with Crippen LogP contribution in [0.2, 0.25) is 5.02 Å². The zero-order valence-corrected chi connectivity index (χ0v) is 13.6. The van der Waals surface area contributed by atoms with Gasteiger partial charge in [-0.2, -0.15) is 5.10 Å². The minimum atomic E-state index is -0.349. The number of carbonyl (C=O) groups is 1. The fraction of sp³-hybridized carbons (Fsp3) is 0.0588. The highest BCUT2D eigenvalue weighted by Gasteiger charge is 2.10. The van der Waals surface area contributed by atoms with Gasteiger partial charge in [0.15, 0.2) is 0 Å². The molecule has 0 aliphatic heterocycles. The van der Waals surface area contributed by atoms with Crippen molar-refractivity contribution in [3.63, 3.8) is 0 Å². The number of anilines is 2. The maximum atomic E-state index is 12.1. The lowest BCUT2D eigenvalue weighted by atomic mass is 10.1. The molecular formula is C17H15ClN4O2. The molecule has 3 aromatic rings. The van der Waals surface area contributed by atoms with Crippen molar-refractivity contribution in [3.8, 4) is 17.0 Å². The Morgan fingerprint density at radius 2 is 1.79 bits per heavy atom. The molecule has 0 atom stereocenters. The number of aromatic amines is 1. The molecule has 3 N–H and O–H groups in total. The van der Waals surface area contributed by atoms with Gasteiger partial charge in [0.1, 0.15) is 5.75 Å².